The predicted octanol–water partition coefficient (Wildman–Crippen LogP) is 3.37. The highest BCUT2D eigenvalue weighted by atomic mass is 79.9. The minimum Gasteiger partial charge on any atom is -0.363 e. The second-order valence-corrected chi connectivity index (χ2v) is 5.59. The van der Waals surface area contributed by atoms with Crippen molar-refractivity contribution >= 4 is 27.5 Å². The Morgan fingerprint density at radius 1 is 1.25 bits per heavy atom. The highest BCUT2D eigenvalue weighted by molar-refractivity contribution is 9.10. The first kappa shape index (κ1) is 13.1. The van der Waals surface area contributed by atoms with Gasteiger partial charge in [-0.15, -0.1) is 0 Å². The van der Waals surface area contributed by atoms with Crippen LogP contribution in [0.4, 0.5) is 5.82 Å². The van der Waals surface area contributed by atoms with E-state index < -0.39 is 0 Å². The fraction of sp³-hybridized carbons (Fsp3) is 0.214. The molecule has 2 aromatic heterocycles. The van der Waals surface area contributed by atoms with Crippen molar-refractivity contribution < 1.29 is 0 Å². The van der Waals surface area contributed by atoms with Gasteiger partial charge in [-0.2, -0.15) is 14.6 Å². The van der Waals surface area contributed by atoms with Crippen LogP contribution in [0.3, 0.4) is 0 Å². The van der Waals surface area contributed by atoms with E-state index in [-0.39, 0.29) is 6.04 Å². The summed E-state index contributed by atoms with van der Waals surface area (Å²) < 4.78 is 2.79. The molecular weight excluding hydrogens is 318 g/mol. The van der Waals surface area contributed by atoms with Gasteiger partial charge >= 0.3 is 0 Å². The van der Waals surface area contributed by atoms with Crippen molar-refractivity contribution in [3.63, 3.8) is 0 Å². The summed E-state index contributed by atoms with van der Waals surface area (Å²) >= 11 is 3.45. The number of fused-ring (bicyclic) bond motifs is 1. The minimum absolute atomic E-state index is 0.164. The number of nitrogens with one attached hydrogen (secondary N) is 1. The normalized spacial score (nSPS) is 12.6. The van der Waals surface area contributed by atoms with Gasteiger partial charge in [-0.1, -0.05) is 28.1 Å². The lowest BCUT2D eigenvalue weighted by Crippen LogP contribution is -2.11. The molecule has 0 aliphatic heterocycles. The maximum atomic E-state index is 4.33. The van der Waals surface area contributed by atoms with Gasteiger partial charge in [0.15, 0.2) is 0 Å². The Bertz CT molecular complexity index is 735. The molecular formula is C14H14BrN5. The maximum Gasteiger partial charge on any atom is 0.254 e. The van der Waals surface area contributed by atoms with Gasteiger partial charge in [-0.05, 0) is 31.5 Å². The van der Waals surface area contributed by atoms with Crippen LogP contribution in [0, 0.1) is 6.92 Å². The van der Waals surface area contributed by atoms with E-state index in [0.29, 0.717) is 5.78 Å². The zero-order chi connectivity index (χ0) is 14.1. The number of halogens is 1. The van der Waals surface area contributed by atoms with Gasteiger partial charge < -0.3 is 5.32 Å². The molecule has 0 bridgehead atoms. The molecule has 0 amide bonds. The molecule has 3 aromatic rings. The van der Waals surface area contributed by atoms with Gasteiger partial charge in [-0.3, -0.25) is 0 Å². The minimum atomic E-state index is 0.164. The predicted molar refractivity (Wildman–Crippen MR) is 81.7 cm³/mol. The van der Waals surface area contributed by atoms with E-state index >= 15 is 0 Å². The Kier molecular flexibility index (Phi) is 3.40. The largest absolute Gasteiger partial charge is 0.363 e. The summed E-state index contributed by atoms with van der Waals surface area (Å²) in [5.74, 6) is 1.50. The Hall–Kier alpha value is -1.95. The van der Waals surface area contributed by atoms with E-state index in [1.165, 1.54) is 11.9 Å². The summed E-state index contributed by atoms with van der Waals surface area (Å²) in [6.07, 6.45) is 1.51. The SMILES string of the molecule is Cc1cc(N[C@@H](C)c2ccc(Br)cc2)n2ncnc2n1. The van der Waals surface area contributed by atoms with Crippen LogP contribution in [-0.4, -0.2) is 19.6 Å². The molecule has 0 unspecified atom stereocenters. The summed E-state index contributed by atoms with van der Waals surface area (Å²) in [6.45, 7) is 4.06. The molecule has 0 spiro atoms. The zero-order valence-electron chi connectivity index (χ0n) is 11.2. The van der Waals surface area contributed by atoms with Gasteiger partial charge in [0.05, 0.1) is 0 Å². The number of nitrogens with zero attached hydrogens (tertiary/aromatic N) is 4. The summed E-state index contributed by atoms with van der Waals surface area (Å²) in [7, 11) is 0. The van der Waals surface area contributed by atoms with E-state index in [1.54, 1.807) is 4.52 Å². The number of rotatable bonds is 3. The third kappa shape index (κ3) is 2.51. The van der Waals surface area contributed by atoms with Crippen LogP contribution < -0.4 is 5.32 Å². The second-order valence-electron chi connectivity index (χ2n) is 4.67. The molecule has 0 radical (unpaired) electrons. The first-order valence-corrected chi connectivity index (χ1v) is 7.12. The fourth-order valence-electron chi connectivity index (χ4n) is 2.09. The Morgan fingerprint density at radius 3 is 2.75 bits per heavy atom. The Morgan fingerprint density at radius 2 is 2.00 bits per heavy atom. The van der Waals surface area contributed by atoms with Crippen LogP contribution in [0.1, 0.15) is 24.2 Å². The van der Waals surface area contributed by atoms with E-state index in [2.05, 4.69) is 55.4 Å². The fourth-order valence-corrected chi connectivity index (χ4v) is 2.35. The van der Waals surface area contributed by atoms with Crippen LogP contribution in [0.25, 0.3) is 5.78 Å². The second kappa shape index (κ2) is 5.20. The zero-order valence-corrected chi connectivity index (χ0v) is 12.8. The first-order valence-electron chi connectivity index (χ1n) is 6.33. The molecule has 3 rings (SSSR count). The number of aryl methyl sites for hydroxylation is 1. The van der Waals surface area contributed by atoms with Crippen LogP contribution >= 0.6 is 15.9 Å². The average Bonchev–Trinajstić information content (AvgIpc) is 2.87. The van der Waals surface area contributed by atoms with E-state index in [0.717, 1.165) is 16.0 Å². The molecule has 0 aliphatic rings. The Labute approximate surface area is 125 Å². The molecule has 2 heterocycles. The van der Waals surface area contributed by atoms with E-state index in [1.807, 2.05) is 25.1 Å². The quantitative estimate of drug-likeness (QED) is 0.799. The summed E-state index contributed by atoms with van der Waals surface area (Å²) in [5.41, 5.74) is 2.12. The van der Waals surface area contributed by atoms with Crippen LogP contribution in [0.15, 0.2) is 41.1 Å². The summed E-state index contributed by atoms with van der Waals surface area (Å²) in [4.78, 5) is 8.46. The van der Waals surface area contributed by atoms with Gasteiger partial charge in [0.25, 0.3) is 5.78 Å². The highest BCUT2D eigenvalue weighted by Crippen LogP contribution is 2.21. The van der Waals surface area contributed by atoms with Crippen molar-refractivity contribution in [1.29, 1.82) is 0 Å². The monoisotopic (exact) mass is 331 g/mol. The lowest BCUT2D eigenvalue weighted by Gasteiger charge is -2.16. The van der Waals surface area contributed by atoms with Crippen molar-refractivity contribution in [3.05, 3.63) is 52.4 Å². The molecule has 6 heteroatoms. The number of aromatic nitrogens is 4. The van der Waals surface area contributed by atoms with Gasteiger partial charge in [0, 0.05) is 22.3 Å². The van der Waals surface area contributed by atoms with Crippen molar-refractivity contribution in [2.75, 3.05) is 5.32 Å². The molecule has 0 fully saturated rings. The molecule has 102 valence electrons. The number of hydrogen-bond acceptors (Lipinski definition) is 4. The molecule has 0 aliphatic carbocycles. The van der Waals surface area contributed by atoms with Gasteiger partial charge in [0.1, 0.15) is 12.1 Å². The van der Waals surface area contributed by atoms with Crippen LogP contribution in [0.2, 0.25) is 0 Å². The van der Waals surface area contributed by atoms with Crippen molar-refractivity contribution in [1.82, 2.24) is 19.6 Å². The van der Waals surface area contributed by atoms with Crippen LogP contribution in [-0.2, 0) is 0 Å². The first-order chi connectivity index (χ1) is 9.63. The topological polar surface area (TPSA) is 55.1 Å². The third-order valence-corrected chi connectivity index (χ3v) is 3.64. The average molecular weight is 332 g/mol. The lowest BCUT2D eigenvalue weighted by atomic mass is 10.1. The molecule has 0 saturated carbocycles. The van der Waals surface area contributed by atoms with E-state index in [9.17, 15) is 0 Å². The molecule has 1 N–H and O–H groups in total. The summed E-state index contributed by atoms with van der Waals surface area (Å²) in [5, 5.41) is 7.65. The van der Waals surface area contributed by atoms with Crippen molar-refractivity contribution in [3.8, 4) is 0 Å². The number of hydrogen-bond donors (Lipinski definition) is 1. The van der Waals surface area contributed by atoms with Gasteiger partial charge in [-0.25, -0.2) is 4.98 Å². The maximum absolute atomic E-state index is 4.33. The van der Waals surface area contributed by atoms with Crippen molar-refractivity contribution in [2.24, 2.45) is 0 Å². The van der Waals surface area contributed by atoms with Crippen LogP contribution in [0.5, 0.6) is 0 Å². The molecule has 20 heavy (non-hydrogen) atoms. The highest BCUT2D eigenvalue weighted by Gasteiger charge is 2.10. The molecule has 0 saturated heterocycles. The smallest absolute Gasteiger partial charge is 0.254 e. The van der Waals surface area contributed by atoms with E-state index in [4.69, 9.17) is 0 Å². The number of benzene rings is 1. The summed E-state index contributed by atoms with van der Waals surface area (Å²) in [6, 6.07) is 10.4. The molecule has 5 nitrogen and oxygen atoms in total. The lowest BCUT2D eigenvalue weighted by molar-refractivity contribution is 0.837. The number of anilines is 1. The van der Waals surface area contributed by atoms with Crippen molar-refractivity contribution in [2.45, 2.75) is 19.9 Å². The molecule has 1 atom stereocenters. The Balaban J connectivity index is 1.92. The van der Waals surface area contributed by atoms with Gasteiger partial charge in [0.2, 0.25) is 0 Å². The third-order valence-electron chi connectivity index (χ3n) is 3.11. The molecule has 1 aromatic carbocycles. The standard InChI is InChI=1S/C14H14BrN5/c1-9-7-13(20-14(18-9)16-8-17-20)19-10(2)11-3-5-12(15)6-4-11/h3-8,10,19H,1-2H3/t10-/m0/s1.